The molecule has 1 heterocycles. The number of nitrogens with one attached hydrogen (secondary N) is 1. The van der Waals surface area contributed by atoms with E-state index in [2.05, 4.69) is 5.32 Å². The summed E-state index contributed by atoms with van der Waals surface area (Å²) in [6, 6.07) is 6.22. The van der Waals surface area contributed by atoms with E-state index in [1.165, 1.54) is 12.1 Å². The van der Waals surface area contributed by atoms with Crippen LogP contribution in [0, 0.1) is 0 Å². The number of hydrogen-bond donors (Lipinski definition) is 5. The molecule has 1 saturated heterocycles. The first-order valence-electron chi connectivity index (χ1n) is 7.32. The number of aliphatic hydroxyl groups excluding tert-OH is 3. The third-order valence-corrected chi connectivity index (χ3v) is 2.89. The van der Waals surface area contributed by atoms with Crippen molar-refractivity contribution in [3.63, 3.8) is 0 Å². The zero-order valence-corrected chi connectivity index (χ0v) is 13.3. The first-order chi connectivity index (χ1) is 11.0. The minimum Gasteiger partial charge on any atom is -0.508 e. The molecule has 0 aromatic heterocycles. The number of likely N-dealkylation sites (N-methyl/N-ethyl adjacent to an activating group) is 1. The van der Waals surface area contributed by atoms with Crippen LogP contribution in [0.3, 0.4) is 0 Å². The Labute approximate surface area is 135 Å². The SMILES string of the molecule is CC(O)C(COc1ccc(O)cc1)OC1O[C@H]1O.CNCCO. The molecular weight excluding hydrogens is 306 g/mol. The number of epoxide rings is 1. The van der Waals surface area contributed by atoms with Crippen molar-refractivity contribution in [3.05, 3.63) is 24.3 Å². The number of hydrogen-bond acceptors (Lipinski definition) is 8. The largest absolute Gasteiger partial charge is 0.508 e. The fourth-order valence-corrected chi connectivity index (χ4v) is 1.49. The van der Waals surface area contributed by atoms with Gasteiger partial charge in [-0.25, -0.2) is 0 Å². The summed E-state index contributed by atoms with van der Waals surface area (Å²) in [4.78, 5) is 0. The predicted molar refractivity (Wildman–Crippen MR) is 82.0 cm³/mol. The van der Waals surface area contributed by atoms with Crippen LogP contribution in [0.1, 0.15) is 6.92 Å². The number of benzene rings is 1. The van der Waals surface area contributed by atoms with Crippen molar-refractivity contribution in [1.82, 2.24) is 5.32 Å². The minimum atomic E-state index is -0.917. The van der Waals surface area contributed by atoms with E-state index in [1.54, 1.807) is 26.1 Å². The lowest BCUT2D eigenvalue weighted by Gasteiger charge is -2.19. The molecule has 0 spiro atoms. The molecule has 2 rings (SSSR count). The molecule has 0 amide bonds. The maximum atomic E-state index is 9.52. The maximum absolute atomic E-state index is 9.52. The van der Waals surface area contributed by atoms with Gasteiger partial charge in [0.1, 0.15) is 24.2 Å². The third-order valence-electron chi connectivity index (χ3n) is 2.89. The maximum Gasteiger partial charge on any atom is 0.212 e. The molecule has 0 saturated carbocycles. The Bertz CT molecular complexity index is 424. The zero-order valence-electron chi connectivity index (χ0n) is 13.3. The first-order valence-corrected chi connectivity index (χ1v) is 7.32. The quantitative estimate of drug-likeness (QED) is 0.401. The van der Waals surface area contributed by atoms with E-state index in [0.717, 1.165) is 0 Å². The minimum absolute atomic E-state index is 0.120. The van der Waals surface area contributed by atoms with E-state index in [-0.39, 0.29) is 19.0 Å². The van der Waals surface area contributed by atoms with E-state index >= 15 is 0 Å². The van der Waals surface area contributed by atoms with Gasteiger partial charge in [0.15, 0.2) is 0 Å². The molecule has 0 bridgehead atoms. The van der Waals surface area contributed by atoms with Gasteiger partial charge in [-0.2, -0.15) is 0 Å². The highest BCUT2D eigenvalue weighted by molar-refractivity contribution is 5.30. The fraction of sp³-hybridized carbons (Fsp3) is 0.600. The summed E-state index contributed by atoms with van der Waals surface area (Å²) < 4.78 is 15.4. The molecule has 3 unspecified atom stereocenters. The lowest BCUT2D eigenvalue weighted by molar-refractivity contribution is -0.0866. The average molecular weight is 331 g/mol. The molecule has 8 heteroatoms. The van der Waals surface area contributed by atoms with Gasteiger partial charge >= 0.3 is 0 Å². The Kier molecular flexibility index (Phi) is 8.85. The number of aromatic hydroxyl groups is 1. The summed E-state index contributed by atoms with van der Waals surface area (Å²) in [6.07, 6.45) is -2.95. The van der Waals surface area contributed by atoms with Crippen LogP contribution in [0.4, 0.5) is 0 Å². The highest BCUT2D eigenvalue weighted by Gasteiger charge is 2.41. The fourth-order valence-electron chi connectivity index (χ4n) is 1.49. The molecule has 5 N–H and O–H groups in total. The van der Waals surface area contributed by atoms with Gasteiger partial charge in [0.2, 0.25) is 12.6 Å². The standard InChI is InChI=1S/C12H16O6.C3H9NO/c1-7(13)10(17-12-11(15)18-12)6-16-9-4-2-8(14)3-5-9;1-4-2-3-5/h2-5,7,10-15H,6H2,1H3;4-5H,2-3H2,1H3/t7?,10?,11-,12?;/m1./s1. The molecule has 1 aliphatic heterocycles. The predicted octanol–water partition coefficient (Wildman–Crippen LogP) is -0.590. The van der Waals surface area contributed by atoms with E-state index < -0.39 is 24.8 Å². The molecule has 1 aromatic carbocycles. The van der Waals surface area contributed by atoms with Crippen LogP contribution in [0.2, 0.25) is 0 Å². The highest BCUT2D eigenvalue weighted by atomic mass is 16.8. The lowest BCUT2D eigenvalue weighted by Crippen LogP contribution is -2.34. The molecule has 1 aromatic rings. The van der Waals surface area contributed by atoms with Crippen molar-refractivity contribution in [1.29, 1.82) is 0 Å². The number of phenols is 1. The summed E-state index contributed by atoms with van der Waals surface area (Å²) in [6.45, 7) is 2.62. The molecule has 23 heavy (non-hydrogen) atoms. The van der Waals surface area contributed by atoms with E-state index in [1.807, 2.05) is 0 Å². The Morgan fingerprint density at radius 2 is 1.91 bits per heavy atom. The van der Waals surface area contributed by atoms with Crippen molar-refractivity contribution in [2.24, 2.45) is 0 Å². The summed E-state index contributed by atoms with van der Waals surface area (Å²) >= 11 is 0. The monoisotopic (exact) mass is 331 g/mol. The van der Waals surface area contributed by atoms with Gasteiger partial charge in [-0.05, 0) is 38.2 Å². The Hall–Kier alpha value is -1.42. The second-order valence-electron chi connectivity index (χ2n) is 4.94. The van der Waals surface area contributed by atoms with Crippen molar-refractivity contribution in [3.8, 4) is 11.5 Å². The zero-order chi connectivity index (χ0) is 17.2. The Morgan fingerprint density at radius 1 is 1.30 bits per heavy atom. The van der Waals surface area contributed by atoms with Gasteiger partial charge < -0.3 is 40.0 Å². The molecule has 1 aliphatic rings. The lowest BCUT2D eigenvalue weighted by atomic mass is 10.2. The number of aliphatic hydroxyl groups is 3. The average Bonchev–Trinajstić information content (AvgIpc) is 3.21. The summed E-state index contributed by atoms with van der Waals surface area (Å²) in [7, 11) is 1.80. The van der Waals surface area contributed by atoms with E-state index in [0.29, 0.717) is 12.3 Å². The van der Waals surface area contributed by atoms with Crippen molar-refractivity contribution < 1.29 is 34.6 Å². The molecule has 0 radical (unpaired) electrons. The highest BCUT2D eigenvalue weighted by Crippen LogP contribution is 2.23. The van der Waals surface area contributed by atoms with Crippen LogP contribution < -0.4 is 10.1 Å². The molecular formula is C15H25NO7. The van der Waals surface area contributed by atoms with Crippen LogP contribution in [0.15, 0.2) is 24.3 Å². The molecule has 0 aliphatic carbocycles. The van der Waals surface area contributed by atoms with Crippen LogP contribution in [-0.4, -0.2) is 72.0 Å². The summed E-state index contributed by atoms with van der Waals surface area (Å²) in [5.74, 6) is 0.708. The van der Waals surface area contributed by atoms with Gasteiger partial charge in [-0.3, -0.25) is 0 Å². The molecule has 8 nitrogen and oxygen atoms in total. The van der Waals surface area contributed by atoms with E-state index in [9.17, 15) is 5.11 Å². The summed E-state index contributed by atoms with van der Waals surface area (Å²) in [5.41, 5.74) is 0. The molecule has 1 fully saturated rings. The van der Waals surface area contributed by atoms with E-state index in [4.69, 9.17) is 29.5 Å². The first kappa shape index (κ1) is 19.6. The van der Waals surface area contributed by atoms with Crippen LogP contribution in [-0.2, 0) is 9.47 Å². The van der Waals surface area contributed by atoms with Gasteiger partial charge in [-0.15, -0.1) is 0 Å². The number of phenolic OH excluding ortho intramolecular Hbond substituents is 1. The van der Waals surface area contributed by atoms with Crippen molar-refractivity contribution in [2.75, 3.05) is 26.8 Å². The van der Waals surface area contributed by atoms with Crippen molar-refractivity contribution >= 4 is 0 Å². The Morgan fingerprint density at radius 3 is 2.30 bits per heavy atom. The summed E-state index contributed by atoms with van der Waals surface area (Å²) in [5, 5.41) is 38.4. The van der Waals surface area contributed by atoms with Gasteiger partial charge in [0.05, 0.1) is 12.7 Å². The number of ether oxygens (including phenoxy) is 3. The van der Waals surface area contributed by atoms with Crippen molar-refractivity contribution in [2.45, 2.75) is 31.7 Å². The normalized spacial score (nSPS) is 21.8. The van der Waals surface area contributed by atoms with Crippen LogP contribution in [0.5, 0.6) is 11.5 Å². The number of rotatable bonds is 8. The van der Waals surface area contributed by atoms with Crippen LogP contribution in [0.25, 0.3) is 0 Å². The molecule has 4 atom stereocenters. The third kappa shape index (κ3) is 8.12. The van der Waals surface area contributed by atoms with Gasteiger partial charge in [-0.1, -0.05) is 0 Å². The second kappa shape index (κ2) is 10.4. The van der Waals surface area contributed by atoms with Gasteiger partial charge in [0.25, 0.3) is 0 Å². The smallest absolute Gasteiger partial charge is 0.212 e. The topological polar surface area (TPSA) is 124 Å². The van der Waals surface area contributed by atoms with Crippen LogP contribution >= 0.6 is 0 Å². The molecule has 132 valence electrons. The van der Waals surface area contributed by atoms with Gasteiger partial charge in [0, 0.05) is 6.54 Å². The Balaban J connectivity index is 0.000000463. The second-order valence-corrected chi connectivity index (χ2v) is 4.94.